The van der Waals surface area contributed by atoms with Gasteiger partial charge in [-0.15, -0.1) is 0 Å². The van der Waals surface area contributed by atoms with Crippen molar-refractivity contribution in [2.45, 2.75) is 32.4 Å². The zero-order chi connectivity index (χ0) is 19.7. The second kappa shape index (κ2) is 7.41. The number of fused-ring (bicyclic) bond motifs is 1. The average molecular weight is 386 g/mol. The fourth-order valence-electron chi connectivity index (χ4n) is 3.53. The highest BCUT2D eigenvalue weighted by atomic mass is 16.7. The van der Waals surface area contributed by atoms with Crippen molar-refractivity contribution < 1.29 is 14.3 Å². The zero-order valence-electron chi connectivity index (χ0n) is 15.6. The second-order valence-corrected chi connectivity index (χ2v) is 7.09. The summed E-state index contributed by atoms with van der Waals surface area (Å²) >= 11 is 0. The minimum absolute atomic E-state index is 0.0901. The first kappa shape index (κ1) is 18.1. The minimum atomic E-state index is -0.573. The Bertz CT molecular complexity index is 1010. The number of nitrogens with one attached hydrogen (secondary N) is 2. The number of carbonyl (C=O) groups excluding carboxylic acids is 1. The topological polar surface area (TPSA) is 106 Å². The van der Waals surface area contributed by atoms with Crippen molar-refractivity contribution in [3.8, 4) is 11.5 Å². The van der Waals surface area contributed by atoms with Gasteiger partial charge < -0.3 is 19.7 Å². The summed E-state index contributed by atoms with van der Waals surface area (Å²) in [6, 6.07) is 5.79. The molecule has 2 aliphatic heterocycles. The molecule has 0 aliphatic carbocycles. The van der Waals surface area contributed by atoms with E-state index >= 15 is 0 Å². The summed E-state index contributed by atoms with van der Waals surface area (Å²) in [5.74, 6) is 1.29. The highest BCUT2D eigenvalue weighted by Gasteiger charge is 2.24. The van der Waals surface area contributed by atoms with E-state index in [0.717, 1.165) is 24.3 Å². The Morgan fingerprint density at radius 2 is 2.11 bits per heavy atom. The van der Waals surface area contributed by atoms with Crippen LogP contribution in [0.1, 0.15) is 18.4 Å². The number of aromatic nitrogens is 2. The molecule has 1 amide bonds. The third kappa shape index (κ3) is 3.73. The van der Waals surface area contributed by atoms with E-state index in [1.165, 1.54) is 10.8 Å². The third-order valence-corrected chi connectivity index (χ3v) is 5.01. The first-order valence-corrected chi connectivity index (χ1v) is 9.24. The van der Waals surface area contributed by atoms with Gasteiger partial charge in [-0.1, -0.05) is 0 Å². The van der Waals surface area contributed by atoms with Gasteiger partial charge in [-0.2, -0.15) is 0 Å². The number of aryl methyl sites for hydroxylation is 1. The highest BCUT2D eigenvalue weighted by molar-refractivity contribution is 5.76. The molecule has 2 aromatic rings. The predicted octanol–water partition coefficient (Wildman–Crippen LogP) is 0.677. The average Bonchev–Trinajstić information content (AvgIpc) is 3.14. The Hall–Kier alpha value is -3.23. The summed E-state index contributed by atoms with van der Waals surface area (Å²) in [4.78, 5) is 40.0. The lowest BCUT2D eigenvalue weighted by atomic mass is 10.0. The predicted molar refractivity (Wildman–Crippen MR) is 102 cm³/mol. The quantitative estimate of drug-likeness (QED) is 0.800. The van der Waals surface area contributed by atoms with Crippen molar-refractivity contribution in [1.82, 2.24) is 14.5 Å². The molecule has 3 heterocycles. The molecule has 9 heteroatoms. The largest absolute Gasteiger partial charge is 0.454 e. The number of carbonyl (C=O) groups is 1. The SMILES string of the molecule is Cc1cn(CC(=O)N2CCCC(Nc3ccc4c(c3)OCO4)C2)c(=O)[nH]c1=O. The van der Waals surface area contributed by atoms with Crippen LogP contribution in [0, 0.1) is 6.92 Å². The summed E-state index contributed by atoms with van der Waals surface area (Å²) in [5.41, 5.74) is 0.306. The third-order valence-electron chi connectivity index (χ3n) is 5.01. The first-order valence-electron chi connectivity index (χ1n) is 9.24. The molecule has 0 saturated carbocycles. The van der Waals surface area contributed by atoms with Gasteiger partial charge in [0.15, 0.2) is 11.5 Å². The molecule has 1 saturated heterocycles. The number of hydrogen-bond acceptors (Lipinski definition) is 6. The van der Waals surface area contributed by atoms with Crippen molar-refractivity contribution in [2.24, 2.45) is 0 Å². The number of piperidine rings is 1. The van der Waals surface area contributed by atoms with Gasteiger partial charge in [0, 0.05) is 42.6 Å². The number of hydrogen-bond donors (Lipinski definition) is 2. The molecular formula is C19H22N4O5. The zero-order valence-corrected chi connectivity index (χ0v) is 15.6. The Labute approximate surface area is 160 Å². The molecule has 9 nitrogen and oxygen atoms in total. The molecule has 4 rings (SSSR count). The maximum atomic E-state index is 12.7. The van der Waals surface area contributed by atoms with Crippen LogP contribution in [-0.2, 0) is 11.3 Å². The van der Waals surface area contributed by atoms with Crippen molar-refractivity contribution in [3.05, 3.63) is 50.8 Å². The summed E-state index contributed by atoms with van der Waals surface area (Å²) in [6.45, 7) is 2.94. The van der Waals surface area contributed by atoms with Gasteiger partial charge in [0.1, 0.15) is 6.54 Å². The maximum absolute atomic E-state index is 12.7. The van der Waals surface area contributed by atoms with E-state index in [1.54, 1.807) is 11.8 Å². The number of anilines is 1. The summed E-state index contributed by atoms with van der Waals surface area (Å²) in [5, 5.41) is 3.44. The monoisotopic (exact) mass is 386 g/mol. The van der Waals surface area contributed by atoms with Crippen LogP contribution in [0.15, 0.2) is 34.0 Å². The molecular weight excluding hydrogens is 364 g/mol. The van der Waals surface area contributed by atoms with E-state index < -0.39 is 11.2 Å². The van der Waals surface area contributed by atoms with E-state index in [-0.39, 0.29) is 25.3 Å². The van der Waals surface area contributed by atoms with Crippen LogP contribution < -0.4 is 26.0 Å². The molecule has 1 aromatic heterocycles. The van der Waals surface area contributed by atoms with E-state index in [0.29, 0.717) is 24.4 Å². The van der Waals surface area contributed by atoms with Gasteiger partial charge in [0.05, 0.1) is 0 Å². The van der Waals surface area contributed by atoms with Gasteiger partial charge in [-0.25, -0.2) is 4.79 Å². The lowest BCUT2D eigenvalue weighted by molar-refractivity contribution is -0.133. The Kier molecular flexibility index (Phi) is 4.81. The number of H-pyrrole nitrogens is 1. The van der Waals surface area contributed by atoms with E-state index in [1.807, 2.05) is 18.2 Å². The number of likely N-dealkylation sites (tertiary alicyclic amines) is 1. The number of ether oxygens (including phenoxy) is 2. The lowest BCUT2D eigenvalue weighted by Crippen LogP contribution is -2.47. The van der Waals surface area contributed by atoms with E-state index in [4.69, 9.17) is 9.47 Å². The number of benzene rings is 1. The van der Waals surface area contributed by atoms with E-state index in [9.17, 15) is 14.4 Å². The van der Waals surface area contributed by atoms with Gasteiger partial charge in [0.25, 0.3) is 5.56 Å². The van der Waals surface area contributed by atoms with Crippen LogP contribution in [0.25, 0.3) is 0 Å². The Morgan fingerprint density at radius 1 is 1.29 bits per heavy atom. The number of aromatic amines is 1. The normalized spacial score (nSPS) is 18.2. The molecule has 0 bridgehead atoms. The minimum Gasteiger partial charge on any atom is -0.454 e. The highest BCUT2D eigenvalue weighted by Crippen LogP contribution is 2.34. The van der Waals surface area contributed by atoms with Gasteiger partial charge in [-0.05, 0) is 31.9 Å². The van der Waals surface area contributed by atoms with Crippen LogP contribution >= 0.6 is 0 Å². The van der Waals surface area contributed by atoms with Crippen LogP contribution in [0.4, 0.5) is 5.69 Å². The van der Waals surface area contributed by atoms with Gasteiger partial charge >= 0.3 is 5.69 Å². The van der Waals surface area contributed by atoms with Crippen LogP contribution in [-0.4, -0.2) is 46.3 Å². The van der Waals surface area contributed by atoms with Crippen LogP contribution in [0.3, 0.4) is 0 Å². The molecule has 2 aliphatic rings. The molecule has 1 fully saturated rings. The molecule has 1 unspecified atom stereocenters. The van der Waals surface area contributed by atoms with Crippen LogP contribution in [0.2, 0.25) is 0 Å². The standard InChI is InChI=1S/C19H22N4O5/c1-12-8-23(19(26)21-18(12)25)10-17(24)22-6-2-3-14(9-22)20-13-4-5-15-16(7-13)28-11-27-15/h4-5,7-8,14,20H,2-3,6,9-11H2,1H3,(H,21,25,26). The van der Waals surface area contributed by atoms with Crippen molar-refractivity contribution >= 4 is 11.6 Å². The molecule has 2 N–H and O–H groups in total. The molecule has 28 heavy (non-hydrogen) atoms. The van der Waals surface area contributed by atoms with E-state index in [2.05, 4.69) is 10.3 Å². The molecule has 0 radical (unpaired) electrons. The Morgan fingerprint density at radius 3 is 2.96 bits per heavy atom. The molecule has 148 valence electrons. The Balaban J connectivity index is 1.40. The summed E-state index contributed by atoms with van der Waals surface area (Å²) in [7, 11) is 0. The second-order valence-electron chi connectivity index (χ2n) is 7.09. The fourth-order valence-corrected chi connectivity index (χ4v) is 3.53. The number of nitrogens with zero attached hydrogens (tertiary/aromatic N) is 2. The van der Waals surface area contributed by atoms with Gasteiger partial charge in [0.2, 0.25) is 12.7 Å². The fraction of sp³-hybridized carbons (Fsp3) is 0.421. The molecule has 0 spiro atoms. The molecule has 1 atom stereocenters. The molecule has 1 aromatic carbocycles. The van der Waals surface area contributed by atoms with Crippen LogP contribution in [0.5, 0.6) is 11.5 Å². The smallest absolute Gasteiger partial charge is 0.328 e. The number of amides is 1. The maximum Gasteiger partial charge on any atom is 0.328 e. The van der Waals surface area contributed by atoms with Crippen molar-refractivity contribution in [3.63, 3.8) is 0 Å². The first-order chi connectivity index (χ1) is 13.5. The lowest BCUT2D eigenvalue weighted by Gasteiger charge is -2.34. The van der Waals surface area contributed by atoms with Crippen molar-refractivity contribution in [1.29, 1.82) is 0 Å². The summed E-state index contributed by atoms with van der Waals surface area (Å²) in [6.07, 6.45) is 3.23. The number of rotatable bonds is 4. The summed E-state index contributed by atoms with van der Waals surface area (Å²) < 4.78 is 12.0. The van der Waals surface area contributed by atoms with Crippen molar-refractivity contribution in [2.75, 3.05) is 25.2 Å². The van der Waals surface area contributed by atoms with Gasteiger partial charge in [-0.3, -0.25) is 19.1 Å².